The van der Waals surface area contributed by atoms with E-state index in [-0.39, 0.29) is 24.8 Å². The molecule has 1 saturated carbocycles. The summed E-state index contributed by atoms with van der Waals surface area (Å²) >= 11 is 0. The number of hydrogen-bond acceptors (Lipinski definition) is 4. The van der Waals surface area contributed by atoms with Crippen LogP contribution in [0.15, 0.2) is 24.3 Å². The minimum absolute atomic E-state index is 0.0388. The monoisotopic (exact) mass is 389 g/mol. The van der Waals surface area contributed by atoms with Crippen LogP contribution >= 0.6 is 0 Å². The second-order valence-corrected chi connectivity index (χ2v) is 8.21. The number of amides is 3. The molecule has 0 unspecified atom stereocenters. The van der Waals surface area contributed by atoms with E-state index in [4.69, 9.17) is 4.74 Å². The standard InChI is InChI=1S/C21H31N3O4/c1-21(2,3)28-20(27)22-13-12-18(25)23-16-8-10-17(11-9-16)24-19(26)14-15-6-4-5-7-15/h8-11,15H,4-7,12-14H2,1-3H3,(H,22,27)(H,23,25)(H,24,26). The fourth-order valence-corrected chi connectivity index (χ4v) is 3.14. The molecule has 7 heteroatoms. The lowest BCUT2D eigenvalue weighted by atomic mass is 10.0. The molecular weight excluding hydrogens is 358 g/mol. The zero-order valence-electron chi connectivity index (χ0n) is 17.0. The van der Waals surface area contributed by atoms with Crippen LogP contribution in [-0.2, 0) is 14.3 Å². The predicted molar refractivity (Wildman–Crippen MR) is 109 cm³/mol. The van der Waals surface area contributed by atoms with Crippen LogP contribution in [-0.4, -0.2) is 30.1 Å². The van der Waals surface area contributed by atoms with Crippen LogP contribution in [0.2, 0.25) is 0 Å². The fourth-order valence-electron chi connectivity index (χ4n) is 3.14. The molecule has 0 aliphatic heterocycles. The Morgan fingerprint density at radius 2 is 1.50 bits per heavy atom. The van der Waals surface area contributed by atoms with E-state index in [1.165, 1.54) is 12.8 Å². The Bertz CT molecular complexity index is 674. The van der Waals surface area contributed by atoms with Gasteiger partial charge in [0.1, 0.15) is 5.60 Å². The van der Waals surface area contributed by atoms with Crippen molar-refractivity contribution in [2.45, 2.75) is 64.9 Å². The number of carbonyl (C=O) groups is 3. The molecule has 0 spiro atoms. The van der Waals surface area contributed by atoms with Crippen LogP contribution in [0.1, 0.15) is 59.3 Å². The average Bonchev–Trinajstić information content (AvgIpc) is 3.07. The van der Waals surface area contributed by atoms with E-state index in [1.54, 1.807) is 45.0 Å². The molecule has 1 aromatic rings. The lowest BCUT2D eigenvalue weighted by Gasteiger charge is -2.19. The summed E-state index contributed by atoms with van der Waals surface area (Å²) in [6.45, 7) is 5.52. The summed E-state index contributed by atoms with van der Waals surface area (Å²) in [5, 5.41) is 8.21. The summed E-state index contributed by atoms with van der Waals surface area (Å²) in [5.74, 6) is 0.332. The van der Waals surface area contributed by atoms with Crippen LogP contribution in [0.4, 0.5) is 16.2 Å². The van der Waals surface area contributed by atoms with Crippen molar-refractivity contribution >= 4 is 29.3 Å². The third-order valence-corrected chi connectivity index (χ3v) is 4.42. The number of benzene rings is 1. The van der Waals surface area contributed by atoms with Gasteiger partial charge in [-0.25, -0.2) is 4.79 Å². The molecule has 7 nitrogen and oxygen atoms in total. The highest BCUT2D eigenvalue weighted by atomic mass is 16.6. The molecule has 3 N–H and O–H groups in total. The molecule has 1 aromatic carbocycles. The summed E-state index contributed by atoms with van der Waals surface area (Å²) in [4.78, 5) is 35.6. The fraction of sp³-hybridized carbons (Fsp3) is 0.571. The van der Waals surface area contributed by atoms with Gasteiger partial charge in [0, 0.05) is 30.8 Å². The van der Waals surface area contributed by atoms with E-state index in [0.717, 1.165) is 12.8 Å². The van der Waals surface area contributed by atoms with Crippen LogP contribution in [0.3, 0.4) is 0 Å². The first-order valence-electron chi connectivity index (χ1n) is 9.88. The van der Waals surface area contributed by atoms with Crippen molar-refractivity contribution in [2.24, 2.45) is 5.92 Å². The van der Waals surface area contributed by atoms with Crippen molar-refractivity contribution in [1.29, 1.82) is 0 Å². The molecule has 3 amide bonds. The van der Waals surface area contributed by atoms with Gasteiger partial charge in [-0.05, 0) is 63.8 Å². The van der Waals surface area contributed by atoms with Crippen molar-refractivity contribution in [3.8, 4) is 0 Å². The third kappa shape index (κ3) is 8.41. The van der Waals surface area contributed by atoms with Crippen LogP contribution in [0, 0.1) is 5.92 Å². The van der Waals surface area contributed by atoms with Gasteiger partial charge in [-0.2, -0.15) is 0 Å². The topological polar surface area (TPSA) is 96.5 Å². The van der Waals surface area contributed by atoms with E-state index in [0.29, 0.717) is 23.7 Å². The molecule has 2 rings (SSSR count). The highest BCUT2D eigenvalue weighted by Gasteiger charge is 2.18. The highest BCUT2D eigenvalue weighted by Crippen LogP contribution is 2.27. The van der Waals surface area contributed by atoms with Crippen molar-refractivity contribution in [3.63, 3.8) is 0 Å². The third-order valence-electron chi connectivity index (χ3n) is 4.42. The number of nitrogens with one attached hydrogen (secondary N) is 3. The molecule has 1 fully saturated rings. The van der Waals surface area contributed by atoms with Gasteiger partial charge in [-0.1, -0.05) is 12.8 Å². The van der Waals surface area contributed by atoms with Crippen molar-refractivity contribution < 1.29 is 19.1 Å². The number of carbonyl (C=O) groups excluding carboxylic acids is 3. The van der Waals surface area contributed by atoms with Gasteiger partial charge in [-0.3, -0.25) is 9.59 Å². The Morgan fingerprint density at radius 1 is 0.964 bits per heavy atom. The summed E-state index contributed by atoms with van der Waals surface area (Å²) in [6, 6.07) is 7.01. The minimum Gasteiger partial charge on any atom is -0.444 e. The van der Waals surface area contributed by atoms with E-state index >= 15 is 0 Å². The zero-order valence-corrected chi connectivity index (χ0v) is 17.0. The Labute approximate surface area is 166 Å². The summed E-state index contributed by atoms with van der Waals surface area (Å²) in [6.07, 6.45) is 4.89. The zero-order chi connectivity index (χ0) is 20.6. The summed E-state index contributed by atoms with van der Waals surface area (Å²) < 4.78 is 5.11. The number of rotatable bonds is 7. The molecule has 0 saturated heterocycles. The van der Waals surface area contributed by atoms with E-state index in [9.17, 15) is 14.4 Å². The van der Waals surface area contributed by atoms with Crippen LogP contribution < -0.4 is 16.0 Å². The molecular formula is C21H31N3O4. The minimum atomic E-state index is -0.569. The maximum absolute atomic E-state index is 12.1. The number of alkyl carbamates (subject to hydrolysis) is 1. The van der Waals surface area contributed by atoms with Gasteiger partial charge in [0.2, 0.25) is 11.8 Å². The Morgan fingerprint density at radius 3 is 2.04 bits per heavy atom. The van der Waals surface area contributed by atoms with Crippen molar-refractivity contribution in [2.75, 3.05) is 17.2 Å². The predicted octanol–water partition coefficient (Wildman–Crippen LogP) is 4.06. The number of ether oxygens (including phenoxy) is 1. The Balaban J connectivity index is 1.68. The maximum atomic E-state index is 12.1. The van der Waals surface area contributed by atoms with Gasteiger partial charge in [-0.15, -0.1) is 0 Å². The first-order valence-corrected chi connectivity index (χ1v) is 9.88. The van der Waals surface area contributed by atoms with E-state index in [1.807, 2.05) is 0 Å². The Hall–Kier alpha value is -2.57. The van der Waals surface area contributed by atoms with E-state index in [2.05, 4.69) is 16.0 Å². The van der Waals surface area contributed by atoms with Crippen molar-refractivity contribution in [3.05, 3.63) is 24.3 Å². The smallest absolute Gasteiger partial charge is 0.407 e. The molecule has 154 valence electrons. The quantitative estimate of drug-likeness (QED) is 0.655. The van der Waals surface area contributed by atoms with E-state index < -0.39 is 11.7 Å². The summed E-state index contributed by atoms with van der Waals surface area (Å²) in [5.41, 5.74) is 0.782. The largest absolute Gasteiger partial charge is 0.444 e. The van der Waals surface area contributed by atoms with Crippen LogP contribution in [0.5, 0.6) is 0 Å². The molecule has 1 aliphatic rings. The van der Waals surface area contributed by atoms with Gasteiger partial charge in [0.25, 0.3) is 0 Å². The second-order valence-electron chi connectivity index (χ2n) is 8.21. The first-order chi connectivity index (χ1) is 13.2. The lowest BCUT2D eigenvalue weighted by Crippen LogP contribution is -2.34. The van der Waals surface area contributed by atoms with Gasteiger partial charge in [0.05, 0.1) is 0 Å². The molecule has 28 heavy (non-hydrogen) atoms. The maximum Gasteiger partial charge on any atom is 0.407 e. The molecule has 0 bridgehead atoms. The van der Waals surface area contributed by atoms with Crippen LogP contribution in [0.25, 0.3) is 0 Å². The van der Waals surface area contributed by atoms with Gasteiger partial charge >= 0.3 is 6.09 Å². The first kappa shape index (κ1) is 21.7. The SMILES string of the molecule is CC(C)(C)OC(=O)NCCC(=O)Nc1ccc(NC(=O)CC2CCCC2)cc1. The summed E-state index contributed by atoms with van der Waals surface area (Å²) in [7, 11) is 0. The van der Waals surface area contributed by atoms with Gasteiger partial charge in [0.15, 0.2) is 0 Å². The molecule has 0 heterocycles. The molecule has 1 aliphatic carbocycles. The normalized spacial score (nSPS) is 14.4. The highest BCUT2D eigenvalue weighted by molar-refractivity contribution is 5.93. The lowest BCUT2D eigenvalue weighted by molar-refractivity contribution is -0.117. The molecule has 0 atom stereocenters. The van der Waals surface area contributed by atoms with Crippen molar-refractivity contribution in [1.82, 2.24) is 5.32 Å². The Kier molecular flexibility index (Phi) is 7.84. The molecule has 0 aromatic heterocycles. The van der Waals surface area contributed by atoms with Gasteiger partial charge < -0.3 is 20.7 Å². The second kappa shape index (κ2) is 10.1. The average molecular weight is 389 g/mol. The number of hydrogen-bond donors (Lipinski definition) is 3. The molecule has 0 radical (unpaired) electrons. The number of anilines is 2.